The molecular formula is C14H19NO4S. The van der Waals surface area contributed by atoms with Crippen molar-refractivity contribution in [3.8, 4) is 5.75 Å². The van der Waals surface area contributed by atoms with Gasteiger partial charge in [-0.15, -0.1) is 0 Å². The van der Waals surface area contributed by atoms with Gasteiger partial charge in [0.05, 0.1) is 13.2 Å². The lowest BCUT2D eigenvalue weighted by Crippen LogP contribution is -2.47. The van der Waals surface area contributed by atoms with Crippen molar-refractivity contribution < 1.29 is 18.3 Å². The third-order valence-corrected chi connectivity index (χ3v) is 6.31. The molecule has 2 bridgehead atoms. The van der Waals surface area contributed by atoms with Gasteiger partial charge in [0.2, 0.25) is 10.0 Å². The summed E-state index contributed by atoms with van der Waals surface area (Å²) in [4.78, 5) is 0.218. The van der Waals surface area contributed by atoms with Crippen molar-refractivity contribution in [1.29, 1.82) is 0 Å². The molecule has 0 aromatic heterocycles. The zero-order valence-electron chi connectivity index (χ0n) is 11.4. The second-order valence-electron chi connectivity index (χ2n) is 5.50. The average molecular weight is 297 g/mol. The van der Waals surface area contributed by atoms with E-state index in [0.717, 1.165) is 12.8 Å². The number of hydrogen-bond acceptors (Lipinski definition) is 4. The molecule has 2 fully saturated rings. The predicted molar refractivity (Wildman–Crippen MR) is 74.1 cm³/mol. The highest BCUT2D eigenvalue weighted by molar-refractivity contribution is 7.89. The van der Waals surface area contributed by atoms with E-state index in [1.807, 2.05) is 0 Å². The molecule has 2 atom stereocenters. The first-order valence-corrected chi connectivity index (χ1v) is 8.32. The van der Waals surface area contributed by atoms with Gasteiger partial charge < -0.3 is 9.84 Å². The Bertz CT molecular complexity index is 587. The molecule has 5 nitrogen and oxygen atoms in total. The Balaban J connectivity index is 2.01. The first-order valence-electron chi connectivity index (χ1n) is 6.88. The number of ether oxygens (including phenoxy) is 1. The molecular weight excluding hydrogens is 278 g/mol. The zero-order valence-corrected chi connectivity index (χ0v) is 12.2. The third kappa shape index (κ3) is 2.12. The normalized spacial score (nSPS) is 30.4. The van der Waals surface area contributed by atoms with Crippen molar-refractivity contribution in [2.45, 2.75) is 48.8 Å². The highest BCUT2D eigenvalue weighted by Gasteiger charge is 2.47. The van der Waals surface area contributed by atoms with E-state index in [9.17, 15) is 13.5 Å². The Labute approximate surface area is 119 Å². The van der Waals surface area contributed by atoms with Crippen LogP contribution in [0.1, 0.15) is 25.7 Å². The van der Waals surface area contributed by atoms with E-state index in [2.05, 4.69) is 0 Å². The summed E-state index contributed by atoms with van der Waals surface area (Å²) in [5.41, 5.74) is 0. The van der Waals surface area contributed by atoms with Crippen molar-refractivity contribution in [2.75, 3.05) is 7.11 Å². The number of aliphatic hydroxyl groups is 1. The summed E-state index contributed by atoms with van der Waals surface area (Å²) in [5, 5.41) is 9.80. The van der Waals surface area contributed by atoms with Gasteiger partial charge in [-0.1, -0.05) is 12.1 Å². The molecule has 2 aliphatic heterocycles. The largest absolute Gasteiger partial charge is 0.495 e. The van der Waals surface area contributed by atoms with Crippen molar-refractivity contribution in [1.82, 2.24) is 4.31 Å². The van der Waals surface area contributed by atoms with Gasteiger partial charge in [0, 0.05) is 12.1 Å². The molecule has 1 N–H and O–H groups in total. The molecule has 0 amide bonds. The lowest BCUT2D eigenvalue weighted by Gasteiger charge is -2.36. The summed E-state index contributed by atoms with van der Waals surface area (Å²) < 4.78 is 32.6. The van der Waals surface area contributed by atoms with Gasteiger partial charge in [0.25, 0.3) is 0 Å². The molecule has 2 heterocycles. The zero-order chi connectivity index (χ0) is 14.3. The van der Waals surface area contributed by atoms with Crippen LogP contribution in [0.4, 0.5) is 0 Å². The number of fused-ring (bicyclic) bond motifs is 2. The molecule has 6 heteroatoms. The molecule has 0 spiro atoms. The van der Waals surface area contributed by atoms with E-state index in [1.165, 1.54) is 7.11 Å². The van der Waals surface area contributed by atoms with Crippen LogP contribution < -0.4 is 4.74 Å². The molecule has 0 radical (unpaired) electrons. The SMILES string of the molecule is COc1ccccc1S(=O)(=O)N1C2CCC1CC(O)C2. The maximum absolute atomic E-state index is 12.9. The van der Waals surface area contributed by atoms with Crippen LogP contribution in [0.2, 0.25) is 0 Å². The number of hydrogen-bond donors (Lipinski definition) is 1. The van der Waals surface area contributed by atoms with Gasteiger partial charge in [-0.25, -0.2) is 8.42 Å². The summed E-state index contributed by atoms with van der Waals surface area (Å²) in [5.74, 6) is 0.373. The summed E-state index contributed by atoms with van der Waals surface area (Å²) in [6.07, 6.45) is 2.35. The third-order valence-electron chi connectivity index (χ3n) is 4.27. The molecule has 2 saturated heterocycles. The van der Waals surface area contributed by atoms with Gasteiger partial charge in [-0.05, 0) is 37.8 Å². The molecule has 1 aromatic rings. The molecule has 2 aliphatic rings. The fraction of sp³-hybridized carbons (Fsp3) is 0.571. The molecule has 110 valence electrons. The van der Waals surface area contributed by atoms with Crippen LogP contribution in [0.3, 0.4) is 0 Å². The maximum Gasteiger partial charge on any atom is 0.247 e. The standard InChI is InChI=1S/C14H19NO4S/c1-19-13-4-2-3-5-14(13)20(17,18)15-10-6-7-11(15)9-12(16)8-10/h2-5,10-12,16H,6-9H2,1H3. The van der Waals surface area contributed by atoms with Crippen LogP contribution >= 0.6 is 0 Å². The molecule has 3 rings (SSSR count). The summed E-state index contributed by atoms with van der Waals surface area (Å²) in [6, 6.07) is 6.53. The van der Waals surface area contributed by atoms with Gasteiger partial charge in [-0.3, -0.25) is 0 Å². The van der Waals surface area contributed by atoms with E-state index in [4.69, 9.17) is 4.74 Å². The average Bonchev–Trinajstić information content (AvgIpc) is 2.72. The number of piperidine rings is 1. The minimum Gasteiger partial charge on any atom is -0.495 e. The minimum absolute atomic E-state index is 0.0846. The smallest absolute Gasteiger partial charge is 0.247 e. The number of methoxy groups -OCH3 is 1. The van der Waals surface area contributed by atoms with Crippen LogP contribution in [0, 0.1) is 0 Å². The predicted octanol–water partition coefficient (Wildman–Crippen LogP) is 1.37. The Morgan fingerprint density at radius 3 is 2.40 bits per heavy atom. The second kappa shape index (κ2) is 5.02. The monoisotopic (exact) mass is 297 g/mol. The van der Waals surface area contributed by atoms with Gasteiger partial charge >= 0.3 is 0 Å². The van der Waals surface area contributed by atoms with Crippen molar-refractivity contribution in [2.24, 2.45) is 0 Å². The van der Waals surface area contributed by atoms with Crippen molar-refractivity contribution >= 4 is 10.0 Å². The van der Waals surface area contributed by atoms with Crippen LogP contribution in [0.25, 0.3) is 0 Å². The highest BCUT2D eigenvalue weighted by atomic mass is 32.2. The Morgan fingerprint density at radius 1 is 1.20 bits per heavy atom. The molecule has 0 saturated carbocycles. The summed E-state index contributed by atoms with van der Waals surface area (Å²) in [6.45, 7) is 0. The molecule has 1 aromatic carbocycles. The highest BCUT2D eigenvalue weighted by Crippen LogP contribution is 2.41. The van der Waals surface area contributed by atoms with Crippen molar-refractivity contribution in [3.63, 3.8) is 0 Å². The summed E-state index contributed by atoms with van der Waals surface area (Å²) in [7, 11) is -2.09. The van der Waals surface area contributed by atoms with Crippen LogP contribution in [-0.2, 0) is 10.0 Å². The number of aliphatic hydroxyl groups excluding tert-OH is 1. The van der Waals surface area contributed by atoms with E-state index in [-0.39, 0.29) is 23.1 Å². The minimum atomic E-state index is -3.57. The lowest BCUT2D eigenvalue weighted by molar-refractivity contribution is 0.0768. The van der Waals surface area contributed by atoms with Gasteiger partial charge in [-0.2, -0.15) is 4.31 Å². The Morgan fingerprint density at radius 2 is 1.80 bits per heavy atom. The fourth-order valence-corrected chi connectivity index (χ4v) is 5.49. The Hall–Kier alpha value is -1.11. The van der Waals surface area contributed by atoms with E-state index in [0.29, 0.717) is 18.6 Å². The number of nitrogens with zero attached hydrogens (tertiary/aromatic N) is 1. The van der Waals surface area contributed by atoms with Crippen molar-refractivity contribution in [3.05, 3.63) is 24.3 Å². The van der Waals surface area contributed by atoms with Crippen LogP contribution in [-0.4, -0.2) is 43.1 Å². The topological polar surface area (TPSA) is 66.8 Å². The van der Waals surface area contributed by atoms with Crippen LogP contribution in [0.15, 0.2) is 29.2 Å². The molecule has 20 heavy (non-hydrogen) atoms. The van der Waals surface area contributed by atoms with Gasteiger partial charge in [0.15, 0.2) is 0 Å². The lowest BCUT2D eigenvalue weighted by atomic mass is 10.0. The van der Waals surface area contributed by atoms with Crippen LogP contribution in [0.5, 0.6) is 5.75 Å². The van der Waals surface area contributed by atoms with E-state index >= 15 is 0 Å². The molecule has 2 unspecified atom stereocenters. The molecule has 0 aliphatic carbocycles. The second-order valence-corrected chi connectivity index (χ2v) is 7.31. The quantitative estimate of drug-likeness (QED) is 0.915. The first-order chi connectivity index (χ1) is 9.54. The summed E-state index contributed by atoms with van der Waals surface area (Å²) >= 11 is 0. The first kappa shape index (κ1) is 13.9. The maximum atomic E-state index is 12.9. The van der Waals surface area contributed by atoms with Gasteiger partial charge in [0.1, 0.15) is 10.6 Å². The van der Waals surface area contributed by atoms with E-state index < -0.39 is 10.0 Å². The van der Waals surface area contributed by atoms with E-state index in [1.54, 1.807) is 28.6 Å². The number of para-hydroxylation sites is 1. The number of rotatable bonds is 3. The number of benzene rings is 1. The Kier molecular flexibility index (Phi) is 3.48. The number of sulfonamides is 1. The fourth-order valence-electron chi connectivity index (χ4n) is 3.44.